The van der Waals surface area contributed by atoms with E-state index in [1.165, 1.54) is 32.1 Å². The van der Waals surface area contributed by atoms with Crippen LogP contribution < -0.4 is 10.6 Å². The Balaban J connectivity index is 0.00000108. The first kappa shape index (κ1) is 13.2. The van der Waals surface area contributed by atoms with Crippen molar-refractivity contribution in [3.8, 4) is 0 Å². The van der Waals surface area contributed by atoms with Crippen molar-refractivity contribution in [2.24, 2.45) is 23.7 Å². The number of likely N-dealkylation sites (N-methyl/N-ethyl adjacent to an activating group) is 1. The molecule has 98 valence electrons. The van der Waals surface area contributed by atoms with Crippen LogP contribution >= 0.6 is 12.4 Å². The van der Waals surface area contributed by atoms with Crippen LogP contribution in [-0.4, -0.2) is 25.5 Å². The molecule has 2 N–H and O–H groups in total. The van der Waals surface area contributed by atoms with Crippen LogP contribution in [0.25, 0.3) is 0 Å². The molecule has 3 saturated carbocycles. The monoisotopic (exact) mass is 258 g/mol. The summed E-state index contributed by atoms with van der Waals surface area (Å²) < 4.78 is 0. The number of rotatable bonds is 3. The number of hydrogen-bond acceptors (Lipinski definition) is 2. The van der Waals surface area contributed by atoms with E-state index < -0.39 is 0 Å². The SMILES string of the molecule is CNCC(=O)NC1CC2CC1C1CCCC21.Cl. The minimum absolute atomic E-state index is 0. The van der Waals surface area contributed by atoms with Crippen LogP contribution in [0.1, 0.15) is 32.1 Å². The highest BCUT2D eigenvalue weighted by atomic mass is 35.5. The molecule has 17 heavy (non-hydrogen) atoms. The maximum absolute atomic E-state index is 11.6. The lowest BCUT2D eigenvalue weighted by Crippen LogP contribution is -2.45. The topological polar surface area (TPSA) is 41.1 Å². The quantitative estimate of drug-likeness (QED) is 0.807. The van der Waals surface area contributed by atoms with Crippen molar-refractivity contribution in [3.05, 3.63) is 0 Å². The van der Waals surface area contributed by atoms with E-state index in [0.717, 1.165) is 23.7 Å². The number of hydrogen-bond donors (Lipinski definition) is 2. The number of carbonyl (C=O) groups is 1. The number of fused-ring (bicyclic) bond motifs is 5. The van der Waals surface area contributed by atoms with Gasteiger partial charge in [-0.2, -0.15) is 0 Å². The zero-order valence-electron chi connectivity index (χ0n) is 10.4. The number of nitrogens with one attached hydrogen (secondary N) is 2. The third-order valence-electron chi connectivity index (χ3n) is 5.11. The van der Waals surface area contributed by atoms with Crippen molar-refractivity contribution in [1.82, 2.24) is 10.6 Å². The van der Waals surface area contributed by atoms with E-state index in [0.29, 0.717) is 12.6 Å². The van der Waals surface area contributed by atoms with Crippen LogP contribution in [0.3, 0.4) is 0 Å². The van der Waals surface area contributed by atoms with Crippen molar-refractivity contribution < 1.29 is 4.79 Å². The summed E-state index contributed by atoms with van der Waals surface area (Å²) in [5.74, 6) is 3.87. The van der Waals surface area contributed by atoms with Crippen LogP contribution in [0.2, 0.25) is 0 Å². The molecular formula is C13H23ClN2O. The molecule has 2 bridgehead atoms. The predicted molar refractivity (Wildman–Crippen MR) is 70.2 cm³/mol. The number of halogens is 1. The van der Waals surface area contributed by atoms with E-state index in [1.807, 2.05) is 7.05 Å². The molecule has 0 spiro atoms. The average molecular weight is 259 g/mol. The van der Waals surface area contributed by atoms with Gasteiger partial charge in [0.15, 0.2) is 0 Å². The smallest absolute Gasteiger partial charge is 0.234 e. The van der Waals surface area contributed by atoms with Crippen molar-refractivity contribution in [1.29, 1.82) is 0 Å². The van der Waals surface area contributed by atoms with Gasteiger partial charge in [-0.25, -0.2) is 0 Å². The number of carbonyl (C=O) groups excluding carboxylic acids is 1. The molecule has 0 aromatic rings. The maximum atomic E-state index is 11.6. The average Bonchev–Trinajstić information content (AvgIpc) is 2.86. The molecule has 0 aromatic heterocycles. The molecule has 3 fully saturated rings. The van der Waals surface area contributed by atoms with Gasteiger partial charge in [0.2, 0.25) is 5.91 Å². The fourth-order valence-corrected chi connectivity index (χ4v) is 4.65. The van der Waals surface area contributed by atoms with Crippen LogP contribution in [0.15, 0.2) is 0 Å². The molecule has 5 unspecified atom stereocenters. The van der Waals surface area contributed by atoms with Gasteiger partial charge >= 0.3 is 0 Å². The van der Waals surface area contributed by atoms with Crippen LogP contribution in [0.4, 0.5) is 0 Å². The fraction of sp³-hybridized carbons (Fsp3) is 0.923. The zero-order chi connectivity index (χ0) is 11.1. The highest BCUT2D eigenvalue weighted by molar-refractivity contribution is 5.85. The first-order chi connectivity index (χ1) is 7.79. The van der Waals surface area contributed by atoms with Gasteiger partial charge in [-0.3, -0.25) is 4.79 Å². The summed E-state index contributed by atoms with van der Waals surface area (Å²) >= 11 is 0. The van der Waals surface area contributed by atoms with Crippen molar-refractivity contribution >= 4 is 18.3 Å². The van der Waals surface area contributed by atoms with Gasteiger partial charge in [-0.05, 0) is 56.4 Å². The Hall–Kier alpha value is -0.280. The van der Waals surface area contributed by atoms with Gasteiger partial charge in [0.25, 0.3) is 0 Å². The Labute approximate surface area is 110 Å². The largest absolute Gasteiger partial charge is 0.352 e. The Morgan fingerprint density at radius 2 is 1.94 bits per heavy atom. The Morgan fingerprint density at radius 1 is 1.18 bits per heavy atom. The first-order valence-corrected chi connectivity index (χ1v) is 6.73. The van der Waals surface area contributed by atoms with Crippen LogP contribution in [0.5, 0.6) is 0 Å². The molecule has 1 amide bonds. The molecule has 3 nitrogen and oxygen atoms in total. The second-order valence-electron chi connectivity index (χ2n) is 5.86. The summed E-state index contributed by atoms with van der Waals surface area (Å²) in [7, 11) is 1.83. The second kappa shape index (κ2) is 5.15. The molecule has 0 heterocycles. The summed E-state index contributed by atoms with van der Waals surface area (Å²) in [5.41, 5.74) is 0. The van der Waals surface area contributed by atoms with Gasteiger partial charge in [0.05, 0.1) is 6.54 Å². The maximum Gasteiger partial charge on any atom is 0.234 e. The first-order valence-electron chi connectivity index (χ1n) is 6.73. The van der Waals surface area contributed by atoms with Gasteiger partial charge in [-0.15, -0.1) is 12.4 Å². The van der Waals surface area contributed by atoms with Crippen molar-refractivity contribution in [3.63, 3.8) is 0 Å². The molecule has 3 aliphatic rings. The summed E-state index contributed by atoms with van der Waals surface area (Å²) in [6.07, 6.45) is 6.95. The molecule has 0 aliphatic heterocycles. The van der Waals surface area contributed by atoms with Crippen molar-refractivity contribution in [2.45, 2.75) is 38.1 Å². The minimum atomic E-state index is 0. The summed E-state index contributed by atoms with van der Waals surface area (Å²) in [4.78, 5) is 11.6. The summed E-state index contributed by atoms with van der Waals surface area (Å²) in [5, 5.41) is 6.14. The van der Waals surface area contributed by atoms with E-state index in [-0.39, 0.29) is 18.3 Å². The Kier molecular flexibility index (Phi) is 3.99. The lowest BCUT2D eigenvalue weighted by atomic mass is 9.79. The minimum Gasteiger partial charge on any atom is -0.352 e. The van der Waals surface area contributed by atoms with Gasteiger partial charge in [-0.1, -0.05) is 6.42 Å². The fourth-order valence-electron chi connectivity index (χ4n) is 4.65. The van der Waals surface area contributed by atoms with Crippen LogP contribution in [-0.2, 0) is 4.79 Å². The molecular weight excluding hydrogens is 236 g/mol. The lowest BCUT2D eigenvalue weighted by molar-refractivity contribution is -0.121. The Bertz CT molecular complexity index is 297. The molecule has 0 saturated heterocycles. The lowest BCUT2D eigenvalue weighted by Gasteiger charge is -2.32. The Morgan fingerprint density at radius 3 is 2.71 bits per heavy atom. The molecule has 5 atom stereocenters. The zero-order valence-corrected chi connectivity index (χ0v) is 11.3. The normalized spacial score (nSPS) is 42.1. The molecule has 3 rings (SSSR count). The second-order valence-corrected chi connectivity index (χ2v) is 5.86. The van der Waals surface area contributed by atoms with Crippen LogP contribution in [0, 0.1) is 23.7 Å². The van der Waals surface area contributed by atoms with E-state index in [1.54, 1.807) is 0 Å². The predicted octanol–water partition coefficient (Wildman–Crippen LogP) is 1.57. The molecule has 0 aromatic carbocycles. The van der Waals surface area contributed by atoms with E-state index in [2.05, 4.69) is 10.6 Å². The highest BCUT2D eigenvalue weighted by Crippen LogP contribution is 2.58. The standard InChI is InChI=1S/C13H22N2O.ClH/c1-14-7-13(16)15-12-6-8-5-11(12)10-4-2-3-9(8)10;/h8-12,14H,2-7H2,1H3,(H,15,16);1H. The van der Waals surface area contributed by atoms with E-state index in [4.69, 9.17) is 0 Å². The molecule has 3 aliphatic carbocycles. The summed E-state index contributed by atoms with van der Waals surface area (Å²) in [6.45, 7) is 0.460. The number of amides is 1. The van der Waals surface area contributed by atoms with Gasteiger partial charge < -0.3 is 10.6 Å². The third-order valence-corrected chi connectivity index (χ3v) is 5.11. The van der Waals surface area contributed by atoms with E-state index in [9.17, 15) is 4.79 Å². The molecule has 4 heteroatoms. The van der Waals surface area contributed by atoms with Crippen molar-refractivity contribution in [2.75, 3.05) is 13.6 Å². The third kappa shape index (κ3) is 2.19. The van der Waals surface area contributed by atoms with Gasteiger partial charge in [0.1, 0.15) is 0 Å². The van der Waals surface area contributed by atoms with E-state index >= 15 is 0 Å². The molecule has 0 radical (unpaired) electrons. The highest BCUT2D eigenvalue weighted by Gasteiger charge is 2.53. The summed E-state index contributed by atoms with van der Waals surface area (Å²) in [6, 6.07) is 0.491. The van der Waals surface area contributed by atoms with Gasteiger partial charge in [0, 0.05) is 6.04 Å².